The predicted octanol–water partition coefficient (Wildman–Crippen LogP) is 1.02. The van der Waals surface area contributed by atoms with E-state index in [9.17, 15) is 0 Å². The Morgan fingerprint density at radius 3 is 2.38 bits per heavy atom. The van der Waals surface area contributed by atoms with Gasteiger partial charge in [-0.05, 0) is 32.6 Å². The minimum Gasteiger partial charge on any atom is -0.394 e. The summed E-state index contributed by atoms with van der Waals surface area (Å²) in [6.45, 7) is 3.59. The Morgan fingerprint density at radius 1 is 1.19 bits per heavy atom. The first-order valence-corrected chi connectivity index (χ1v) is 5.45. The van der Waals surface area contributed by atoms with Gasteiger partial charge in [-0.1, -0.05) is 0 Å². The molecule has 0 fully saturated rings. The van der Waals surface area contributed by atoms with Crippen LogP contribution in [0.5, 0.6) is 0 Å². The van der Waals surface area contributed by atoms with Gasteiger partial charge in [0.2, 0.25) is 5.28 Å². The highest BCUT2D eigenvalue weighted by molar-refractivity contribution is 6.28. The summed E-state index contributed by atoms with van der Waals surface area (Å²) in [5.41, 5.74) is 7.22. The lowest BCUT2D eigenvalue weighted by molar-refractivity contribution is 0.416. The number of nitrogens with two attached hydrogens (primary N) is 1. The second-order valence-electron chi connectivity index (χ2n) is 4.04. The Bertz CT molecular complexity index is 366. The van der Waals surface area contributed by atoms with Gasteiger partial charge in [0.15, 0.2) is 5.82 Å². The van der Waals surface area contributed by atoms with E-state index in [1.165, 1.54) is 0 Å². The monoisotopic (exact) mass is 243 g/mol. The molecule has 0 atom stereocenters. The maximum absolute atomic E-state index is 5.92. The van der Waals surface area contributed by atoms with Gasteiger partial charge in [-0.25, -0.2) is 4.98 Å². The van der Waals surface area contributed by atoms with Crippen molar-refractivity contribution in [3.05, 3.63) is 11.0 Å². The number of nitrogens with zero attached hydrogens (tertiary/aromatic N) is 4. The molecule has 0 saturated heterocycles. The Hall–Kier alpha value is -1.07. The molecule has 6 heteroatoms. The molecule has 0 bridgehead atoms. The fourth-order valence-electron chi connectivity index (χ4n) is 1.28. The van der Waals surface area contributed by atoms with Crippen molar-refractivity contribution in [1.82, 2.24) is 14.9 Å². The molecule has 1 aromatic rings. The van der Waals surface area contributed by atoms with Gasteiger partial charge in [-0.2, -0.15) is 4.98 Å². The molecule has 0 aliphatic carbocycles. The van der Waals surface area contributed by atoms with E-state index >= 15 is 0 Å². The standard InChI is InChI=1S/C10H18ClN5/c1-7-8(12)9(14-10(11)13-7)16(4)6-5-15(2)3/h5-6,12H2,1-4H3. The third-order valence-electron chi connectivity index (χ3n) is 2.33. The molecule has 1 aromatic heterocycles. The van der Waals surface area contributed by atoms with Gasteiger partial charge in [-0.3, -0.25) is 0 Å². The van der Waals surface area contributed by atoms with E-state index in [2.05, 4.69) is 14.9 Å². The summed E-state index contributed by atoms with van der Waals surface area (Å²) in [5.74, 6) is 0.694. The van der Waals surface area contributed by atoms with Gasteiger partial charge >= 0.3 is 0 Å². The van der Waals surface area contributed by atoms with E-state index in [1.54, 1.807) is 0 Å². The van der Waals surface area contributed by atoms with Crippen molar-refractivity contribution in [3.63, 3.8) is 0 Å². The van der Waals surface area contributed by atoms with Crippen molar-refractivity contribution in [2.75, 3.05) is 44.9 Å². The fraction of sp³-hybridized carbons (Fsp3) is 0.600. The lowest BCUT2D eigenvalue weighted by Gasteiger charge is -2.22. The highest BCUT2D eigenvalue weighted by Crippen LogP contribution is 2.23. The zero-order chi connectivity index (χ0) is 12.3. The Morgan fingerprint density at radius 2 is 1.81 bits per heavy atom. The van der Waals surface area contributed by atoms with Crippen LogP contribution in [0.1, 0.15) is 5.69 Å². The number of aryl methyl sites for hydroxylation is 1. The molecule has 0 unspecified atom stereocenters. The second kappa shape index (κ2) is 5.32. The number of halogens is 1. The van der Waals surface area contributed by atoms with Gasteiger partial charge in [-0.15, -0.1) is 0 Å². The zero-order valence-corrected chi connectivity index (χ0v) is 10.9. The molecule has 0 saturated carbocycles. The van der Waals surface area contributed by atoms with Crippen LogP contribution in [0.4, 0.5) is 11.5 Å². The van der Waals surface area contributed by atoms with Gasteiger partial charge in [0.25, 0.3) is 0 Å². The second-order valence-corrected chi connectivity index (χ2v) is 4.38. The molecular weight excluding hydrogens is 226 g/mol. The van der Waals surface area contributed by atoms with E-state index in [0.717, 1.165) is 13.1 Å². The van der Waals surface area contributed by atoms with E-state index in [0.29, 0.717) is 17.2 Å². The van der Waals surface area contributed by atoms with Crippen LogP contribution < -0.4 is 10.6 Å². The van der Waals surface area contributed by atoms with Crippen molar-refractivity contribution in [3.8, 4) is 0 Å². The Kier molecular flexibility index (Phi) is 4.32. The smallest absolute Gasteiger partial charge is 0.224 e. The number of likely N-dealkylation sites (N-methyl/N-ethyl adjacent to an activating group) is 2. The maximum atomic E-state index is 5.92. The molecule has 0 spiro atoms. The van der Waals surface area contributed by atoms with E-state index in [4.69, 9.17) is 17.3 Å². The molecular formula is C10H18ClN5. The highest BCUT2D eigenvalue weighted by Gasteiger charge is 2.11. The number of hydrogen-bond acceptors (Lipinski definition) is 5. The summed E-state index contributed by atoms with van der Waals surface area (Å²) in [7, 11) is 5.99. The molecule has 90 valence electrons. The van der Waals surface area contributed by atoms with E-state index in [1.807, 2.05) is 33.0 Å². The van der Waals surface area contributed by atoms with Gasteiger partial charge in [0.1, 0.15) is 0 Å². The van der Waals surface area contributed by atoms with Crippen molar-refractivity contribution >= 4 is 23.1 Å². The molecule has 0 aliphatic heterocycles. The molecule has 0 aromatic carbocycles. The quantitative estimate of drug-likeness (QED) is 0.801. The van der Waals surface area contributed by atoms with Crippen LogP contribution in [0.2, 0.25) is 5.28 Å². The minimum absolute atomic E-state index is 0.235. The van der Waals surface area contributed by atoms with Crippen LogP contribution in [-0.4, -0.2) is 49.1 Å². The van der Waals surface area contributed by atoms with Gasteiger partial charge in [0, 0.05) is 20.1 Å². The lowest BCUT2D eigenvalue weighted by Crippen LogP contribution is -2.29. The molecule has 5 nitrogen and oxygen atoms in total. The Balaban J connectivity index is 2.86. The molecule has 16 heavy (non-hydrogen) atoms. The molecule has 2 N–H and O–H groups in total. The van der Waals surface area contributed by atoms with Gasteiger partial charge < -0.3 is 15.5 Å². The summed E-state index contributed by atoms with van der Waals surface area (Å²) in [6.07, 6.45) is 0. The third-order valence-corrected chi connectivity index (χ3v) is 2.50. The first-order chi connectivity index (χ1) is 7.41. The van der Waals surface area contributed by atoms with E-state index in [-0.39, 0.29) is 5.28 Å². The van der Waals surface area contributed by atoms with E-state index < -0.39 is 0 Å². The average Bonchev–Trinajstić information content (AvgIpc) is 2.19. The van der Waals surface area contributed by atoms with Crippen LogP contribution in [0.15, 0.2) is 0 Å². The molecule has 0 amide bonds. The zero-order valence-electron chi connectivity index (χ0n) is 10.2. The number of anilines is 2. The lowest BCUT2D eigenvalue weighted by atomic mass is 10.3. The molecule has 0 radical (unpaired) electrons. The number of aromatic nitrogens is 2. The van der Waals surface area contributed by atoms with Crippen LogP contribution in [0.3, 0.4) is 0 Å². The number of rotatable bonds is 4. The van der Waals surface area contributed by atoms with Crippen molar-refractivity contribution in [2.24, 2.45) is 0 Å². The minimum atomic E-state index is 0.235. The van der Waals surface area contributed by atoms with Crippen molar-refractivity contribution < 1.29 is 0 Å². The normalized spacial score (nSPS) is 10.9. The van der Waals surface area contributed by atoms with Gasteiger partial charge in [0.05, 0.1) is 11.4 Å². The molecule has 1 heterocycles. The summed E-state index contributed by atoms with van der Waals surface area (Å²) in [6, 6.07) is 0. The largest absolute Gasteiger partial charge is 0.394 e. The average molecular weight is 244 g/mol. The topological polar surface area (TPSA) is 58.3 Å². The summed E-state index contributed by atoms with van der Waals surface area (Å²) >= 11 is 5.81. The summed E-state index contributed by atoms with van der Waals surface area (Å²) in [5, 5.41) is 0.235. The van der Waals surface area contributed by atoms with Crippen LogP contribution >= 0.6 is 11.6 Å². The maximum Gasteiger partial charge on any atom is 0.224 e. The van der Waals surface area contributed by atoms with Crippen molar-refractivity contribution in [1.29, 1.82) is 0 Å². The molecule has 1 rings (SSSR count). The fourth-order valence-corrected chi connectivity index (χ4v) is 1.49. The summed E-state index contributed by atoms with van der Waals surface area (Å²) < 4.78 is 0. The molecule has 0 aliphatic rings. The van der Waals surface area contributed by atoms with Crippen LogP contribution in [-0.2, 0) is 0 Å². The Labute approximate surface area is 101 Å². The van der Waals surface area contributed by atoms with Crippen LogP contribution in [0, 0.1) is 6.92 Å². The number of hydrogen-bond donors (Lipinski definition) is 1. The highest BCUT2D eigenvalue weighted by atomic mass is 35.5. The third kappa shape index (κ3) is 3.21. The SMILES string of the molecule is Cc1nc(Cl)nc(N(C)CCN(C)C)c1N. The summed E-state index contributed by atoms with van der Waals surface area (Å²) in [4.78, 5) is 12.2. The van der Waals surface area contributed by atoms with Crippen LogP contribution in [0.25, 0.3) is 0 Å². The first kappa shape index (κ1) is 13.0. The predicted molar refractivity (Wildman–Crippen MR) is 68.0 cm³/mol. The van der Waals surface area contributed by atoms with Crippen molar-refractivity contribution in [2.45, 2.75) is 6.92 Å². The first-order valence-electron chi connectivity index (χ1n) is 5.07. The number of nitrogen functional groups attached to an aromatic ring is 1.